The van der Waals surface area contributed by atoms with Crippen LogP contribution in [0.2, 0.25) is 0 Å². The van der Waals surface area contributed by atoms with Crippen molar-refractivity contribution < 1.29 is 9.59 Å². The van der Waals surface area contributed by atoms with Crippen LogP contribution in [0.15, 0.2) is 0 Å². The standard InChI is InChI=1S/C14H20N4O2/c1-8-7-10-11(15-14(20)9-5-3-4-6-9)17-18(2)12(10)16-13(8)19/h8-9H,3-7H2,1-2H3,(H,16,19)(H,15,17,20). The van der Waals surface area contributed by atoms with Crippen LogP contribution >= 0.6 is 0 Å². The second kappa shape index (κ2) is 4.92. The maximum atomic E-state index is 12.2. The molecule has 6 heteroatoms. The van der Waals surface area contributed by atoms with E-state index in [-0.39, 0.29) is 23.7 Å². The molecule has 3 rings (SSSR count). The summed E-state index contributed by atoms with van der Waals surface area (Å²) in [4.78, 5) is 23.9. The van der Waals surface area contributed by atoms with Crippen LogP contribution in [0.4, 0.5) is 11.6 Å². The predicted molar refractivity (Wildman–Crippen MR) is 75.3 cm³/mol. The van der Waals surface area contributed by atoms with Gasteiger partial charge in [-0.25, -0.2) is 0 Å². The van der Waals surface area contributed by atoms with Gasteiger partial charge in [0.25, 0.3) is 0 Å². The molecule has 1 fully saturated rings. The summed E-state index contributed by atoms with van der Waals surface area (Å²) in [6.45, 7) is 1.88. The maximum absolute atomic E-state index is 12.2. The Morgan fingerprint density at radius 1 is 1.40 bits per heavy atom. The van der Waals surface area contributed by atoms with Crippen molar-refractivity contribution in [2.24, 2.45) is 18.9 Å². The van der Waals surface area contributed by atoms with E-state index in [1.807, 2.05) is 6.92 Å². The first-order chi connectivity index (χ1) is 9.56. The average Bonchev–Trinajstić information content (AvgIpc) is 3.02. The zero-order chi connectivity index (χ0) is 14.3. The van der Waals surface area contributed by atoms with Gasteiger partial charge in [0.1, 0.15) is 5.82 Å². The third-order valence-corrected chi connectivity index (χ3v) is 4.31. The molecule has 20 heavy (non-hydrogen) atoms. The van der Waals surface area contributed by atoms with Crippen LogP contribution in [-0.2, 0) is 23.1 Å². The van der Waals surface area contributed by atoms with E-state index in [0.717, 1.165) is 31.2 Å². The molecule has 1 unspecified atom stereocenters. The van der Waals surface area contributed by atoms with E-state index in [0.29, 0.717) is 18.1 Å². The summed E-state index contributed by atoms with van der Waals surface area (Å²) in [7, 11) is 1.78. The molecule has 0 aromatic carbocycles. The van der Waals surface area contributed by atoms with Gasteiger partial charge in [-0.15, -0.1) is 0 Å². The second-order valence-corrected chi connectivity index (χ2v) is 5.86. The van der Waals surface area contributed by atoms with Crippen LogP contribution in [0.25, 0.3) is 0 Å². The lowest BCUT2D eigenvalue weighted by Crippen LogP contribution is -2.29. The minimum atomic E-state index is -0.0890. The first-order valence-corrected chi connectivity index (χ1v) is 7.24. The first-order valence-electron chi connectivity index (χ1n) is 7.24. The molecule has 1 aliphatic carbocycles. The Kier molecular flexibility index (Phi) is 3.23. The van der Waals surface area contributed by atoms with Crippen molar-refractivity contribution in [1.82, 2.24) is 9.78 Å². The van der Waals surface area contributed by atoms with Crippen LogP contribution in [0.1, 0.15) is 38.2 Å². The quantitative estimate of drug-likeness (QED) is 0.863. The summed E-state index contributed by atoms with van der Waals surface area (Å²) in [6, 6.07) is 0. The highest BCUT2D eigenvalue weighted by Gasteiger charge is 2.30. The van der Waals surface area contributed by atoms with E-state index in [1.165, 1.54) is 0 Å². The van der Waals surface area contributed by atoms with Crippen molar-refractivity contribution in [1.29, 1.82) is 0 Å². The molecule has 2 heterocycles. The molecule has 0 spiro atoms. The van der Waals surface area contributed by atoms with Crippen molar-refractivity contribution in [3.63, 3.8) is 0 Å². The largest absolute Gasteiger partial charge is 0.310 e. The molecule has 0 radical (unpaired) electrons. The van der Waals surface area contributed by atoms with Gasteiger partial charge < -0.3 is 10.6 Å². The fourth-order valence-electron chi connectivity index (χ4n) is 3.06. The monoisotopic (exact) mass is 276 g/mol. The molecule has 1 aliphatic heterocycles. The molecule has 2 aliphatic rings. The minimum Gasteiger partial charge on any atom is -0.310 e. The zero-order valence-corrected chi connectivity index (χ0v) is 11.9. The Hall–Kier alpha value is -1.85. The Balaban J connectivity index is 1.82. The van der Waals surface area contributed by atoms with Gasteiger partial charge in [-0.1, -0.05) is 19.8 Å². The number of carbonyl (C=O) groups excluding carboxylic acids is 2. The number of carbonyl (C=O) groups is 2. The van der Waals surface area contributed by atoms with Gasteiger partial charge in [0, 0.05) is 24.4 Å². The molecule has 6 nitrogen and oxygen atoms in total. The van der Waals surface area contributed by atoms with E-state index in [9.17, 15) is 9.59 Å². The fourth-order valence-corrected chi connectivity index (χ4v) is 3.06. The number of aryl methyl sites for hydroxylation is 1. The van der Waals surface area contributed by atoms with E-state index < -0.39 is 0 Å². The highest BCUT2D eigenvalue weighted by Crippen LogP contribution is 2.32. The highest BCUT2D eigenvalue weighted by molar-refractivity contribution is 5.98. The lowest BCUT2D eigenvalue weighted by Gasteiger charge is -2.19. The number of nitrogens with one attached hydrogen (secondary N) is 2. The van der Waals surface area contributed by atoms with E-state index in [4.69, 9.17) is 0 Å². The van der Waals surface area contributed by atoms with Crippen molar-refractivity contribution in [2.75, 3.05) is 10.6 Å². The molecule has 1 saturated carbocycles. The van der Waals surface area contributed by atoms with Crippen LogP contribution in [-0.4, -0.2) is 21.6 Å². The summed E-state index contributed by atoms with van der Waals surface area (Å²) < 4.78 is 1.63. The van der Waals surface area contributed by atoms with Gasteiger partial charge in [0.2, 0.25) is 11.8 Å². The van der Waals surface area contributed by atoms with Crippen molar-refractivity contribution in [3.05, 3.63) is 5.56 Å². The van der Waals surface area contributed by atoms with Crippen molar-refractivity contribution in [3.8, 4) is 0 Å². The first kappa shape index (κ1) is 13.1. The summed E-state index contributed by atoms with van der Waals surface area (Å²) in [5.41, 5.74) is 0.936. The van der Waals surface area contributed by atoms with Crippen molar-refractivity contribution >= 4 is 23.5 Å². The highest BCUT2D eigenvalue weighted by atomic mass is 16.2. The number of rotatable bonds is 2. The van der Waals surface area contributed by atoms with E-state index in [1.54, 1.807) is 11.7 Å². The van der Waals surface area contributed by atoms with Gasteiger partial charge in [0.15, 0.2) is 5.82 Å². The number of anilines is 2. The van der Waals surface area contributed by atoms with Crippen LogP contribution in [0, 0.1) is 11.8 Å². The molecule has 1 aromatic rings. The molecule has 2 N–H and O–H groups in total. The van der Waals surface area contributed by atoms with Gasteiger partial charge in [0.05, 0.1) is 0 Å². The summed E-state index contributed by atoms with van der Waals surface area (Å²) >= 11 is 0. The topological polar surface area (TPSA) is 76.0 Å². The zero-order valence-electron chi connectivity index (χ0n) is 11.9. The molecule has 1 atom stereocenters. The normalized spacial score (nSPS) is 22.5. The third-order valence-electron chi connectivity index (χ3n) is 4.31. The average molecular weight is 276 g/mol. The lowest BCUT2D eigenvalue weighted by atomic mass is 9.97. The fraction of sp³-hybridized carbons (Fsp3) is 0.643. The Morgan fingerprint density at radius 3 is 2.80 bits per heavy atom. The molecule has 0 bridgehead atoms. The van der Waals surface area contributed by atoms with Gasteiger partial charge >= 0.3 is 0 Å². The molecule has 2 amide bonds. The lowest BCUT2D eigenvalue weighted by molar-refractivity contribution is -0.120. The SMILES string of the molecule is CC1Cc2c(NC(=O)C3CCCC3)nn(C)c2NC1=O. The summed E-state index contributed by atoms with van der Waals surface area (Å²) in [6.07, 6.45) is 4.81. The maximum Gasteiger partial charge on any atom is 0.228 e. The minimum absolute atomic E-state index is 0.00849. The Bertz CT molecular complexity index is 558. The predicted octanol–water partition coefficient (Wildman–Crippen LogP) is 1.68. The van der Waals surface area contributed by atoms with Crippen LogP contribution in [0.3, 0.4) is 0 Å². The van der Waals surface area contributed by atoms with Gasteiger partial charge in [-0.05, 0) is 19.3 Å². The summed E-state index contributed by atoms with van der Waals surface area (Å²) in [5.74, 6) is 1.40. The third kappa shape index (κ3) is 2.19. The van der Waals surface area contributed by atoms with E-state index >= 15 is 0 Å². The number of fused-ring (bicyclic) bond motifs is 1. The van der Waals surface area contributed by atoms with Gasteiger partial charge in [-0.2, -0.15) is 5.10 Å². The second-order valence-electron chi connectivity index (χ2n) is 5.86. The molecule has 1 aromatic heterocycles. The molecular formula is C14H20N4O2. The number of hydrogen-bond acceptors (Lipinski definition) is 3. The summed E-state index contributed by atoms with van der Waals surface area (Å²) in [5, 5.41) is 10.1. The van der Waals surface area contributed by atoms with Gasteiger partial charge in [-0.3, -0.25) is 14.3 Å². The Labute approximate surface area is 117 Å². The molecule has 108 valence electrons. The van der Waals surface area contributed by atoms with Crippen molar-refractivity contribution in [2.45, 2.75) is 39.0 Å². The van der Waals surface area contributed by atoms with Crippen LogP contribution < -0.4 is 10.6 Å². The van der Waals surface area contributed by atoms with E-state index in [2.05, 4.69) is 15.7 Å². The Morgan fingerprint density at radius 2 is 2.10 bits per heavy atom. The molecular weight excluding hydrogens is 256 g/mol. The number of amides is 2. The molecule has 0 saturated heterocycles. The number of nitrogens with zero attached hydrogens (tertiary/aromatic N) is 2. The number of hydrogen-bond donors (Lipinski definition) is 2. The number of aromatic nitrogens is 2. The van der Waals surface area contributed by atoms with Crippen LogP contribution in [0.5, 0.6) is 0 Å². The smallest absolute Gasteiger partial charge is 0.228 e.